The minimum absolute atomic E-state index is 0.112. The number of aliphatic hydroxyl groups excluding tert-OH is 3. The summed E-state index contributed by atoms with van der Waals surface area (Å²) < 4.78 is 18.5. The molecule has 0 amide bonds. The third-order valence-electron chi connectivity index (χ3n) is 8.16. The van der Waals surface area contributed by atoms with Crippen LogP contribution in [0.2, 0.25) is 0 Å². The first-order valence-electron chi connectivity index (χ1n) is 17.6. The van der Waals surface area contributed by atoms with Crippen molar-refractivity contribution in [3.63, 3.8) is 0 Å². The molecule has 0 aliphatic rings. The second-order valence-corrected chi connectivity index (χ2v) is 12.6. The largest absolute Gasteiger partial charge is 0.491 e. The summed E-state index contributed by atoms with van der Waals surface area (Å²) in [6, 6.07) is 25.5. The number of nitriles is 4. The molecule has 4 rings (SSSR count). The second kappa shape index (κ2) is 21.7. The summed E-state index contributed by atoms with van der Waals surface area (Å²) in [7, 11) is 0. The van der Waals surface area contributed by atoms with E-state index in [1.54, 1.807) is 60.7 Å². The van der Waals surface area contributed by atoms with E-state index in [0.717, 1.165) is 0 Å². The Morgan fingerprint density at radius 1 is 0.533 bits per heavy atom. The summed E-state index contributed by atoms with van der Waals surface area (Å²) in [5, 5.41) is 68.5. The van der Waals surface area contributed by atoms with Gasteiger partial charge in [-0.05, 0) is 71.3 Å². The van der Waals surface area contributed by atoms with Gasteiger partial charge in [0.1, 0.15) is 73.1 Å². The lowest BCUT2D eigenvalue weighted by Gasteiger charge is -2.20. The van der Waals surface area contributed by atoms with Crippen LogP contribution in [0.25, 0.3) is 27.9 Å². The Hall–Kier alpha value is -8.49. The second-order valence-electron chi connectivity index (χ2n) is 12.6. The van der Waals surface area contributed by atoms with Crippen molar-refractivity contribution in [3.05, 3.63) is 161 Å². The van der Waals surface area contributed by atoms with Gasteiger partial charge in [0.05, 0.1) is 44.9 Å². The van der Waals surface area contributed by atoms with Crippen LogP contribution in [-0.2, 0) is 19.6 Å². The number of benzene rings is 3. The molecule has 3 N–H and O–H groups in total. The highest BCUT2D eigenvalue weighted by atomic mass is 16.5. The molecule has 3 unspecified atom stereocenters. The van der Waals surface area contributed by atoms with E-state index in [0.29, 0.717) is 30.4 Å². The molecule has 0 aliphatic heterocycles. The molecular weight excluding hydrogens is 775 g/mol. The molecule has 0 saturated heterocycles. The van der Waals surface area contributed by atoms with Crippen molar-refractivity contribution in [3.8, 4) is 41.5 Å². The molecule has 0 bridgehead atoms. The molecule has 1 heterocycles. The highest BCUT2D eigenvalue weighted by molar-refractivity contribution is 5.62. The zero-order valence-corrected chi connectivity index (χ0v) is 31.5. The van der Waals surface area contributed by atoms with Gasteiger partial charge in [0.25, 0.3) is 11.4 Å². The molecule has 18 nitrogen and oxygen atoms in total. The molecule has 0 aliphatic carbocycles. The SMILES string of the molecule is [C-]#[N+]/C(C#N)=C\c1ccc(OCC(O)Cn2c(=O)n(CC(O)COc3ccc(C=C(C#N)C#N)cc3)c(=O)n(CC(O)COc3ccc(/C=C(\C#N)[N+]#[C-])cc3)c2=O)cc1. The Labute approximate surface area is 341 Å². The average molecular weight is 808 g/mol. The van der Waals surface area contributed by atoms with Gasteiger partial charge in [-0.25, -0.2) is 48.3 Å². The van der Waals surface area contributed by atoms with Gasteiger partial charge in [-0.3, -0.25) is 0 Å². The van der Waals surface area contributed by atoms with Crippen molar-refractivity contribution in [2.45, 2.75) is 37.9 Å². The maximum absolute atomic E-state index is 13.6. The van der Waals surface area contributed by atoms with Crippen LogP contribution in [0.4, 0.5) is 0 Å². The van der Waals surface area contributed by atoms with Gasteiger partial charge >= 0.3 is 17.1 Å². The number of nitrogens with zero attached hydrogens (tertiary/aromatic N) is 9. The van der Waals surface area contributed by atoms with Gasteiger partial charge in [0.15, 0.2) is 0 Å². The van der Waals surface area contributed by atoms with Gasteiger partial charge < -0.3 is 29.5 Å². The third kappa shape index (κ3) is 12.5. The first kappa shape index (κ1) is 44.2. The highest BCUT2D eigenvalue weighted by Crippen LogP contribution is 2.17. The van der Waals surface area contributed by atoms with Gasteiger partial charge in [-0.1, -0.05) is 36.4 Å². The van der Waals surface area contributed by atoms with Crippen LogP contribution in [0.1, 0.15) is 16.7 Å². The van der Waals surface area contributed by atoms with Crippen LogP contribution in [0.3, 0.4) is 0 Å². The maximum Gasteiger partial charge on any atom is 0.336 e. The molecule has 1 aromatic heterocycles. The smallest absolute Gasteiger partial charge is 0.336 e. The molecule has 0 saturated carbocycles. The Kier molecular flexibility index (Phi) is 16.0. The summed E-state index contributed by atoms with van der Waals surface area (Å²) in [4.78, 5) is 47.1. The number of aromatic nitrogens is 3. The summed E-state index contributed by atoms with van der Waals surface area (Å²) in [6.07, 6.45) is -0.374. The van der Waals surface area contributed by atoms with Crippen molar-refractivity contribution in [2.75, 3.05) is 19.8 Å². The van der Waals surface area contributed by atoms with E-state index in [4.69, 9.17) is 48.4 Å². The van der Waals surface area contributed by atoms with E-state index >= 15 is 0 Å². The monoisotopic (exact) mass is 807 g/mol. The van der Waals surface area contributed by atoms with Gasteiger partial charge in [0.2, 0.25) is 0 Å². The molecule has 18 heteroatoms. The number of hydrogen-bond acceptors (Lipinski definition) is 13. The van der Waals surface area contributed by atoms with Crippen LogP contribution in [0.15, 0.2) is 104 Å². The maximum atomic E-state index is 13.6. The predicted molar refractivity (Wildman–Crippen MR) is 213 cm³/mol. The lowest BCUT2D eigenvalue weighted by Crippen LogP contribution is -2.57. The lowest BCUT2D eigenvalue weighted by atomic mass is 10.1. The Morgan fingerprint density at radius 2 is 0.817 bits per heavy atom. The Balaban J connectivity index is 1.54. The van der Waals surface area contributed by atoms with Crippen molar-refractivity contribution >= 4 is 18.2 Å². The lowest BCUT2D eigenvalue weighted by molar-refractivity contribution is 0.0749. The van der Waals surface area contributed by atoms with Crippen molar-refractivity contribution in [2.24, 2.45) is 0 Å². The Bertz CT molecular complexity index is 2330. The summed E-state index contributed by atoms with van der Waals surface area (Å²) in [6.45, 7) is 10.7. The highest BCUT2D eigenvalue weighted by Gasteiger charge is 2.22. The van der Waals surface area contributed by atoms with E-state index in [2.05, 4.69) is 9.69 Å². The fourth-order valence-electron chi connectivity index (χ4n) is 5.25. The van der Waals surface area contributed by atoms with Crippen LogP contribution in [-0.4, -0.2) is 67.2 Å². The molecule has 3 atom stereocenters. The summed E-state index contributed by atoms with van der Waals surface area (Å²) >= 11 is 0. The molecular formula is C42H33N9O9. The van der Waals surface area contributed by atoms with Gasteiger partial charge in [0, 0.05) is 0 Å². The molecule has 0 radical (unpaired) electrons. The first-order valence-corrected chi connectivity index (χ1v) is 17.6. The zero-order chi connectivity index (χ0) is 43.6. The number of allylic oxidation sites excluding steroid dienone is 3. The van der Waals surface area contributed by atoms with E-state index in [9.17, 15) is 29.7 Å². The van der Waals surface area contributed by atoms with Crippen molar-refractivity contribution in [1.29, 1.82) is 21.0 Å². The van der Waals surface area contributed by atoms with E-state index in [-0.39, 0.29) is 34.2 Å². The fraction of sp³-hybridized carbons (Fsp3) is 0.214. The fourth-order valence-corrected chi connectivity index (χ4v) is 5.25. The van der Waals surface area contributed by atoms with E-state index in [1.807, 2.05) is 0 Å². The molecule has 60 heavy (non-hydrogen) atoms. The number of aliphatic hydroxyl groups is 3. The molecule has 4 aromatic rings. The Morgan fingerprint density at radius 3 is 1.07 bits per heavy atom. The normalized spacial score (nSPS) is 12.4. The summed E-state index contributed by atoms with van der Waals surface area (Å²) in [5.41, 5.74) is -2.28. The number of rotatable bonds is 18. The minimum atomic E-state index is -1.49. The van der Waals surface area contributed by atoms with E-state index in [1.165, 1.54) is 54.6 Å². The van der Waals surface area contributed by atoms with Crippen LogP contribution in [0, 0.1) is 58.5 Å². The van der Waals surface area contributed by atoms with Crippen molar-refractivity contribution < 1.29 is 29.5 Å². The average Bonchev–Trinajstić information content (AvgIpc) is 3.27. The standard InChI is InChI=1S/C42H33N9O9/c1-47-32(20-45)16-29-5-11-38(12-6-29)59-26-35(53)23-50-40(55)49(22-34(52)25-58-37-9-3-28(4-10-37)15-31(18-43)19-44)41(56)51(42(50)57)24-36(54)27-60-39-13-7-30(8-14-39)17-33(21-46)48-2/h3-17,34-36,52-54H,22-27H2/b32-16-,33-17+. The quantitative estimate of drug-likeness (QED) is 0.0966. The van der Waals surface area contributed by atoms with Crippen LogP contribution >= 0.6 is 0 Å². The number of ether oxygens (including phenoxy) is 3. The van der Waals surface area contributed by atoms with E-state index < -0.39 is 74.8 Å². The minimum Gasteiger partial charge on any atom is -0.491 e. The number of hydrogen-bond donors (Lipinski definition) is 3. The van der Waals surface area contributed by atoms with Crippen molar-refractivity contribution in [1.82, 2.24) is 13.7 Å². The predicted octanol–water partition coefficient (Wildman–Crippen LogP) is 2.49. The molecule has 0 spiro atoms. The molecule has 300 valence electrons. The van der Waals surface area contributed by atoms with Gasteiger partial charge in [-0.15, -0.1) is 0 Å². The zero-order valence-electron chi connectivity index (χ0n) is 31.5. The topological polar surface area (TPSA) is 258 Å². The third-order valence-corrected chi connectivity index (χ3v) is 8.16. The summed E-state index contributed by atoms with van der Waals surface area (Å²) in [5.74, 6) is 0.815. The van der Waals surface area contributed by atoms with Gasteiger partial charge in [-0.2, -0.15) is 10.5 Å². The molecule has 0 fully saturated rings. The van der Waals surface area contributed by atoms with Crippen LogP contribution in [0.5, 0.6) is 17.2 Å². The molecule has 3 aromatic carbocycles. The first-order chi connectivity index (χ1) is 28.9. The van der Waals surface area contributed by atoms with Crippen LogP contribution < -0.4 is 31.3 Å².